The Morgan fingerprint density at radius 2 is 2.21 bits per heavy atom. The Hall–Kier alpha value is -1.20. The van der Waals surface area contributed by atoms with Gasteiger partial charge in [-0.3, -0.25) is 0 Å². The molecular formula is C13H18ClN2O3-. The van der Waals surface area contributed by atoms with E-state index >= 15 is 0 Å². The second-order valence-electron chi connectivity index (χ2n) is 5.68. The number of halogens is 1. The van der Waals surface area contributed by atoms with Gasteiger partial charge in [0, 0.05) is 18.7 Å². The van der Waals surface area contributed by atoms with E-state index in [4.69, 9.17) is 16.3 Å². The van der Waals surface area contributed by atoms with E-state index < -0.39 is 11.1 Å². The molecule has 0 saturated carbocycles. The van der Waals surface area contributed by atoms with Crippen LogP contribution >= 0.6 is 11.6 Å². The molecule has 2 aliphatic heterocycles. The molecule has 0 fully saturated rings. The van der Waals surface area contributed by atoms with Crippen LogP contribution in [-0.2, 0) is 4.74 Å². The predicted molar refractivity (Wildman–Crippen MR) is 73.4 cm³/mol. The van der Waals surface area contributed by atoms with E-state index in [0.29, 0.717) is 25.2 Å². The molecule has 2 aliphatic rings. The van der Waals surface area contributed by atoms with Gasteiger partial charge in [0.2, 0.25) is 0 Å². The molecule has 0 bridgehead atoms. The van der Waals surface area contributed by atoms with Crippen molar-refractivity contribution in [2.45, 2.75) is 38.3 Å². The number of alkyl halides is 1. The minimum atomic E-state index is -0.646. The largest absolute Gasteiger partial charge is 0.757 e. The SMILES string of the molecule is CC(C)(C)OC(=O)N1CCC2=C(C=CC(Cl)N2[O-])C1. The highest BCUT2D eigenvalue weighted by Gasteiger charge is 2.28. The van der Waals surface area contributed by atoms with Crippen molar-refractivity contribution in [2.75, 3.05) is 13.1 Å². The maximum Gasteiger partial charge on any atom is 0.410 e. The Bertz CT molecular complexity index is 440. The first-order valence-electron chi connectivity index (χ1n) is 6.26. The highest BCUT2D eigenvalue weighted by Crippen LogP contribution is 2.29. The fraction of sp³-hybridized carbons (Fsp3) is 0.615. The molecule has 0 aromatic carbocycles. The van der Waals surface area contributed by atoms with Gasteiger partial charge in [0.05, 0.1) is 6.54 Å². The van der Waals surface area contributed by atoms with Gasteiger partial charge >= 0.3 is 6.09 Å². The molecular weight excluding hydrogens is 268 g/mol. The van der Waals surface area contributed by atoms with Gasteiger partial charge in [-0.1, -0.05) is 17.7 Å². The highest BCUT2D eigenvalue weighted by atomic mass is 35.5. The van der Waals surface area contributed by atoms with Crippen LogP contribution in [0.1, 0.15) is 27.2 Å². The molecule has 0 aromatic heterocycles. The normalized spacial score (nSPS) is 23.5. The Kier molecular flexibility index (Phi) is 3.78. The monoisotopic (exact) mass is 285 g/mol. The van der Waals surface area contributed by atoms with Crippen molar-refractivity contribution in [3.05, 3.63) is 28.6 Å². The first-order valence-corrected chi connectivity index (χ1v) is 6.70. The number of ether oxygens (including phenoxy) is 1. The predicted octanol–water partition coefficient (Wildman–Crippen LogP) is 2.82. The van der Waals surface area contributed by atoms with Crippen LogP contribution in [0.4, 0.5) is 4.79 Å². The molecule has 2 heterocycles. The third kappa shape index (κ3) is 3.22. The molecule has 0 aromatic rings. The van der Waals surface area contributed by atoms with E-state index in [1.54, 1.807) is 11.0 Å². The minimum absolute atomic E-state index is 0.349. The van der Waals surface area contributed by atoms with Crippen LogP contribution in [0.25, 0.3) is 0 Å². The molecule has 5 nitrogen and oxygen atoms in total. The number of carbonyl (C=O) groups is 1. The van der Waals surface area contributed by atoms with Crippen molar-refractivity contribution in [1.29, 1.82) is 0 Å². The smallest absolute Gasteiger partial charge is 0.410 e. The molecule has 0 spiro atoms. The van der Waals surface area contributed by atoms with E-state index in [1.807, 2.05) is 26.8 Å². The summed E-state index contributed by atoms with van der Waals surface area (Å²) in [6.45, 7) is 6.36. The molecule has 2 rings (SSSR count). The van der Waals surface area contributed by atoms with Crippen molar-refractivity contribution >= 4 is 17.7 Å². The van der Waals surface area contributed by atoms with Gasteiger partial charge in [0.15, 0.2) is 0 Å². The summed E-state index contributed by atoms with van der Waals surface area (Å²) in [6.07, 6.45) is 3.60. The summed E-state index contributed by atoms with van der Waals surface area (Å²) in [4.78, 5) is 13.6. The highest BCUT2D eigenvalue weighted by molar-refractivity contribution is 6.21. The van der Waals surface area contributed by atoms with E-state index in [1.165, 1.54) is 0 Å². The van der Waals surface area contributed by atoms with Crippen LogP contribution in [0.5, 0.6) is 0 Å². The number of hydroxylamine groups is 2. The molecule has 0 saturated heterocycles. The van der Waals surface area contributed by atoms with Gasteiger partial charge < -0.3 is 19.9 Å². The summed E-state index contributed by atoms with van der Waals surface area (Å²) in [5, 5.41) is 12.6. The van der Waals surface area contributed by atoms with Gasteiger partial charge in [-0.25, -0.2) is 4.79 Å². The maximum absolute atomic E-state index is 12.0. The molecule has 0 N–H and O–H groups in total. The van der Waals surface area contributed by atoms with Gasteiger partial charge in [-0.05, 0) is 32.4 Å². The quantitative estimate of drug-likeness (QED) is 0.507. The molecule has 1 atom stereocenters. The van der Waals surface area contributed by atoms with Crippen LogP contribution in [-0.4, -0.2) is 40.2 Å². The number of rotatable bonds is 0. The molecule has 1 unspecified atom stereocenters. The summed E-state index contributed by atoms with van der Waals surface area (Å²) in [6, 6.07) is 0. The van der Waals surface area contributed by atoms with E-state index in [9.17, 15) is 10.0 Å². The van der Waals surface area contributed by atoms with E-state index in [-0.39, 0.29) is 6.09 Å². The number of hydrogen-bond acceptors (Lipinski definition) is 4. The van der Waals surface area contributed by atoms with Crippen molar-refractivity contribution in [3.8, 4) is 0 Å². The average Bonchev–Trinajstić information content (AvgIpc) is 2.31. The second kappa shape index (κ2) is 5.06. The number of carbonyl (C=O) groups excluding carboxylic acids is 1. The van der Waals surface area contributed by atoms with E-state index in [0.717, 1.165) is 10.6 Å². The third-order valence-corrected chi connectivity index (χ3v) is 3.27. The minimum Gasteiger partial charge on any atom is -0.757 e. The zero-order chi connectivity index (χ0) is 14.2. The fourth-order valence-corrected chi connectivity index (χ4v) is 2.27. The van der Waals surface area contributed by atoms with Gasteiger partial charge in [0.1, 0.15) is 11.1 Å². The molecule has 0 aliphatic carbocycles. The second-order valence-corrected chi connectivity index (χ2v) is 6.13. The standard InChI is InChI=1S/C13H18ClN2O3/c1-13(2,3)19-12(17)15-7-6-10-9(8-15)4-5-11(14)16(10)18/h4-5,11H,6-8H2,1-3H3/q-1. The lowest BCUT2D eigenvalue weighted by atomic mass is 10.0. The molecule has 106 valence electrons. The Balaban J connectivity index is 2.06. The Morgan fingerprint density at radius 1 is 1.53 bits per heavy atom. The third-order valence-electron chi connectivity index (χ3n) is 2.95. The van der Waals surface area contributed by atoms with Crippen molar-refractivity contribution < 1.29 is 9.53 Å². The Labute approximate surface area is 118 Å². The molecule has 19 heavy (non-hydrogen) atoms. The van der Waals surface area contributed by atoms with Crippen LogP contribution < -0.4 is 0 Å². The number of amides is 1. The first kappa shape index (κ1) is 14.2. The van der Waals surface area contributed by atoms with Crippen molar-refractivity contribution in [2.24, 2.45) is 0 Å². The summed E-state index contributed by atoms with van der Waals surface area (Å²) in [7, 11) is 0. The maximum atomic E-state index is 12.0. The van der Waals surface area contributed by atoms with Crippen LogP contribution in [0.2, 0.25) is 0 Å². The number of hydrogen-bond donors (Lipinski definition) is 0. The van der Waals surface area contributed by atoms with Crippen LogP contribution in [0.15, 0.2) is 23.4 Å². The summed E-state index contributed by atoms with van der Waals surface area (Å²) in [5.41, 5.74) is 0.345. The van der Waals surface area contributed by atoms with Crippen molar-refractivity contribution in [3.63, 3.8) is 0 Å². The lowest BCUT2D eigenvalue weighted by Gasteiger charge is -2.43. The summed E-state index contributed by atoms with van der Waals surface area (Å²) >= 11 is 5.86. The van der Waals surface area contributed by atoms with Gasteiger partial charge in [-0.15, -0.1) is 0 Å². The lowest BCUT2D eigenvalue weighted by Crippen LogP contribution is -2.43. The topological polar surface area (TPSA) is 55.8 Å². The van der Waals surface area contributed by atoms with Crippen LogP contribution in [0, 0.1) is 5.21 Å². The zero-order valence-electron chi connectivity index (χ0n) is 11.4. The molecule has 1 amide bonds. The molecule has 6 heteroatoms. The average molecular weight is 286 g/mol. The zero-order valence-corrected chi connectivity index (χ0v) is 12.1. The van der Waals surface area contributed by atoms with Crippen LogP contribution in [0.3, 0.4) is 0 Å². The number of nitrogens with zero attached hydrogens (tertiary/aromatic N) is 2. The first-order chi connectivity index (χ1) is 8.78. The lowest BCUT2D eigenvalue weighted by molar-refractivity contribution is 0.0255. The van der Waals surface area contributed by atoms with Gasteiger partial charge in [0.25, 0.3) is 0 Å². The fourth-order valence-electron chi connectivity index (χ4n) is 2.08. The summed E-state index contributed by atoms with van der Waals surface area (Å²) < 4.78 is 5.33. The van der Waals surface area contributed by atoms with E-state index in [2.05, 4.69) is 0 Å². The molecule has 0 radical (unpaired) electrons. The Morgan fingerprint density at radius 3 is 2.84 bits per heavy atom. The summed E-state index contributed by atoms with van der Waals surface area (Å²) in [5.74, 6) is 0. The van der Waals surface area contributed by atoms with Crippen molar-refractivity contribution in [1.82, 2.24) is 9.96 Å². The van der Waals surface area contributed by atoms with Gasteiger partial charge in [-0.2, -0.15) is 0 Å².